The molecule has 1 aliphatic carbocycles. The van der Waals surface area contributed by atoms with E-state index in [2.05, 4.69) is 0 Å². The zero-order valence-corrected chi connectivity index (χ0v) is 20.3. The SMILES string of the molecule is CCCC1=C([C@H](O)CC/C(=C/c2ccc(O)c(F)c2)CCC)[C@H](CO)[C@@H]2C(=O)N(C)C(=O)[C@@H]2C1. The summed E-state index contributed by atoms with van der Waals surface area (Å²) in [6, 6.07) is 4.25. The fourth-order valence-corrected chi connectivity index (χ4v) is 5.57. The number of phenols is 1. The summed E-state index contributed by atoms with van der Waals surface area (Å²) in [5.74, 6) is -3.22. The van der Waals surface area contributed by atoms with Gasteiger partial charge in [0.2, 0.25) is 11.8 Å². The van der Waals surface area contributed by atoms with Crippen molar-refractivity contribution in [2.75, 3.05) is 13.7 Å². The van der Waals surface area contributed by atoms with Gasteiger partial charge in [-0.3, -0.25) is 14.5 Å². The number of hydrogen-bond acceptors (Lipinski definition) is 5. The number of hydrogen-bond donors (Lipinski definition) is 3. The van der Waals surface area contributed by atoms with Gasteiger partial charge < -0.3 is 15.3 Å². The Balaban J connectivity index is 1.85. The quantitative estimate of drug-likeness (QED) is 0.350. The molecule has 1 aliphatic heterocycles. The minimum absolute atomic E-state index is 0.204. The van der Waals surface area contributed by atoms with Gasteiger partial charge in [0, 0.05) is 13.0 Å². The fraction of sp³-hybridized carbons (Fsp3) is 0.556. The van der Waals surface area contributed by atoms with Crippen LogP contribution >= 0.6 is 0 Å². The minimum atomic E-state index is -0.842. The number of rotatable bonds is 10. The van der Waals surface area contributed by atoms with E-state index in [-0.39, 0.29) is 18.4 Å². The lowest BCUT2D eigenvalue weighted by molar-refractivity contribution is -0.138. The normalized spacial score (nSPS) is 24.1. The molecular formula is C27H36FNO5. The molecule has 1 fully saturated rings. The third kappa shape index (κ3) is 5.26. The number of aliphatic hydroxyl groups excluding tert-OH is 2. The maximum absolute atomic E-state index is 13.8. The molecule has 186 valence electrons. The van der Waals surface area contributed by atoms with Crippen LogP contribution < -0.4 is 0 Å². The number of carbonyl (C=O) groups excluding carboxylic acids is 2. The van der Waals surface area contributed by atoms with Gasteiger partial charge in [-0.25, -0.2) is 4.39 Å². The number of phenolic OH excluding ortho intramolecular Hbond substituents is 1. The Kier molecular flexibility index (Phi) is 8.66. The number of amides is 2. The summed E-state index contributed by atoms with van der Waals surface area (Å²) in [4.78, 5) is 26.6. The molecule has 1 saturated heterocycles. The number of carbonyl (C=O) groups is 2. The second-order valence-corrected chi connectivity index (χ2v) is 9.49. The lowest BCUT2D eigenvalue weighted by atomic mass is 9.67. The topological polar surface area (TPSA) is 98.1 Å². The lowest BCUT2D eigenvalue weighted by Crippen LogP contribution is -2.39. The van der Waals surface area contributed by atoms with Crippen LogP contribution in [0.1, 0.15) is 64.4 Å². The van der Waals surface area contributed by atoms with Gasteiger partial charge in [-0.15, -0.1) is 0 Å². The number of aliphatic hydroxyl groups is 2. The number of benzene rings is 1. The third-order valence-corrected chi connectivity index (χ3v) is 7.16. The second-order valence-electron chi connectivity index (χ2n) is 9.49. The molecule has 1 heterocycles. The standard InChI is InChI=1S/C27H36FNO5/c1-4-6-16(12-17-9-10-22(31)21(28)13-17)8-11-23(32)24-18(7-5-2)14-19-25(20(24)15-30)27(34)29(3)26(19)33/h9-10,12-13,19-20,23,25,30-32H,4-8,11,14-15H2,1-3H3/b16-12+/t19-,20+,23-,25-/m1/s1. The van der Waals surface area contributed by atoms with E-state index in [4.69, 9.17) is 0 Å². The Labute approximate surface area is 200 Å². The molecule has 2 aliphatic rings. The first-order chi connectivity index (χ1) is 16.2. The summed E-state index contributed by atoms with van der Waals surface area (Å²) in [6.45, 7) is 3.79. The van der Waals surface area contributed by atoms with Gasteiger partial charge >= 0.3 is 0 Å². The summed E-state index contributed by atoms with van der Waals surface area (Å²) in [6.07, 6.45) is 5.68. The van der Waals surface area contributed by atoms with Gasteiger partial charge in [0.1, 0.15) is 0 Å². The molecule has 0 radical (unpaired) electrons. The zero-order chi connectivity index (χ0) is 25.0. The van der Waals surface area contributed by atoms with Crippen LogP contribution in [0.15, 0.2) is 34.9 Å². The lowest BCUT2D eigenvalue weighted by Gasteiger charge is -2.36. The Hall–Kier alpha value is -2.51. The van der Waals surface area contributed by atoms with E-state index < -0.39 is 35.4 Å². The van der Waals surface area contributed by atoms with Gasteiger partial charge in [0.25, 0.3) is 0 Å². The molecule has 0 saturated carbocycles. The molecule has 4 atom stereocenters. The molecule has 3 rings (SSSR count). The molecule has 3 N–H and O–H groups in total. The summed E-state index contributed by atoms with van der Waals surface area (Å²) in [5.41, 5.74) is 3.39. The Morgan fingerprint density at radius 3 is 2.56 bits per heavy atom. The van der Waals surface area contributed by atoms with Gasteiger partial charge in [-0.1, -0.05) is 50.0 Å². The minimum Gasteiger partial charge on any atom is -0.505 e. The highest BCUT2D eigenvalue weighted by Crippen LogP contribution is 2.47. The van der Waals surface area contributed by atoms with E-state index in [1.807, 2.05) is 19.9 Å². The maximum Gasteiger partial charge on any atom is 0.233 e. The van der Waals surface area contributed by atoms with Gasteiger partial charge in [-0.2, -0.15) is 0 Å². The molecule has 0 aromatic heterocycles. The van der Waals surface area contributed by atoms with Gasteiger partial charge in [0.15, 0.2) is 11.6 Å². The average molecular weight is 474 g/mol. The second kappa shape index (κ2) is 11.3. The van der Waals surface area contributed by atoms with Crippen molar-refractivity contribution >= 4 is 17.9 Å². The Morgan fingerprint density at radius 1 is 1.21 bits per heavy atom. The molecule has 0 spiro atoms. The van der Waals surface area contributed by atoms with Gasteiger partial charge in [0.05, 0.1) is 24.5 Å². The first-order valence-corrected chi connectivity index (χ1v) is 12.2. The van der Waals surface area contributed by atoms with Crippen LogP contribution in [0.5, 0.6) is 5.75 Å². The van der Waals surface area contributed by atoms with E-state index in [0.717, 1.165) is 35.3 Å². The molecule has 1 aromatic carbocycles. The zero-order valence-electron chi connectivity index (χ0n) is 20.3. The van der Waals surface area contributed by atoms with E-state index in [0.29, 0.717) is 36.8 Å². The first-order valence-electron chi connectivity index (χ1n) is 12.2. The van der Waals surface area contributed by atoms with E-state index in [1.165, 1.54) is 19.2 Å². The number of allylic oxidation sites excluding steroid dienone is 2. The molecule has 2 amide bonds. The van der Waals surface area contributed by atoms with Crippen molar-refractivity contribution in [2.45, 2.75) is 64.9 Å². The molecule has 0 unspecified atom stereocenters. The first kappa shape index (κ1) is 26.1. The highest BCUT2D eigenvalue weighted by Gasteiger charge is 2.53. The summed E-state index contributed by atoms with van der Waals surface area (Å²) >= 11 is 0. The highest BCUT2D eigenvalue weighted by atomic mass is 19.1. The number of aromatic hydroxyl groups is 1. The predicted molar refractivity (Wildman–Crippen MR) is 128 cm³/mol. The van der Waals surface area contributed by atoms with Crippen molar-refractivity contribution < 1.29 is 29.3 Å². The fourth-order valence-electron chi connectivity index (χ4n) is 5.57. The molecule has 34 heavy (non-hydrogen) atoms. The van der Waals surface area contributed by atoms with Crippen molar-refractivity contribution in [3.8, 4) is 5.75 Å². The van der Waals surface area contributed by atoms with Crippen LogP contribution in [0.2, 0.25) is 0 Å². The van der Waals surface area contributed by atoms with E-state index in [1.54, 1.807) is 6.07 Å². The van der Waals surface area contributed by atoms with Crippen LogP contribution in [0, 0.1) is 23.6 Å². The van der Waals surface area contributed by atoms with Crippen LogP contribution in [0.4, 0.5) is 4.39 Å². The Bertz CT molecular complexity index is 985. The van der Waals surface area contributed by atoms with E-state index >= 15 is 0 Å². The summed E-state index contributed by atoms with van der Waals surface area (Å²) < 4.78 is 13.8. The van der Waals surface area contributed by atoms with Crippen molar-refractivity contribution in [1.29, 1.82) is 0 Å². The number of imide groups is 1. The molecule has 6 nitrogen and oxygen atoms in total. The van der Waals surface area contributed by atoms with Crippen LogP contribution in [-0.2, 0) is 9.59 Å². The number of likely N-dealkylation sites (tertiary alicyclic amines) is 1. The van der Waals surface area contributed by atoms with Gasteiger partial charge in [-0.05, 0) is 55.4 Å². The maximum atomic E-state index is 13.8. The Morgan fingerprint density at radius 2 is 1.94 bits per heavy atom. The molecule has 0 bridgehead atoms. The molecule has 7 heteroatoms. The van der Waals surface area contributed by atoms with Crippen molar-refractivity contribution in [2.24, 2.45) is 17.8 Å². The predicted octanol–water partition coefficient (Wildman–Crippen LogP) is 4.20. The monoisotopic (exact) mass is 473 g/mol. The number of nitrogens with zero attached hydrogens (tertiary/aromatic N) is 1. The summed E-state index contributed by atoms with van der Waals surface area (Å²) in [7, 11) is 1.49. The van der Waals surface area contributed by atoms with Crippen molar-refractivity contribution in [3.05, 3.63) is 46.3 Å². The van der Waals surface area contributed by atoms with Crippen LogP contribution in [-0.4, -0.2) is 51.8 Å². The number of fused-ring (bicyclic) bond motifs is 1. The smallest absolute Gasteiger partial charge is 0.233 e. The largest absolute Gasteiger partial charge is 0.505 e. The van der Waals surface area contributed by atoms with Crippen LogP contribution in [0.25, 0.3) is 6.08 Å². The molecular weight excluding hydrogens is 437 g/mol. The summed E-state index contributed by atoms with van der Waals surface area (Å²) in [5, 5.41) is 31.0. The van der Waals surface area contributed by atoms with Crippen LogP contribution in [0.3, 0.4) is 0 Å². The highest BCUT2D eigenvalue weighted by molar-refractivity contribution is 6.05. The third-order valence-electron chi connectivity index (χ3n) is 7.16. The molecule has 1 aromatic rings. The average Bonchev–Trinajstić information content (AvgIpc) is 3.03. The van der Waals surface area contributed by atoms with Crippen molar-refractivity contribution in [3.63, 3.8) is 0 Å². The number of halogens is 1. The van der Waals surface area contributed by atoms with Crippen molar-refractivity contribution in [1.82, 2.24) is 4.90 Å². The van der Waals surface area contributed by atoms with E-state index in [9.17, 15) is 29.3 Å².